The van der Waals surface area contributed by atoms with E-state index in [0.29, 0.717) is 28.7 Å². The lowest BCUT2D eigenvalue weighted by Crippen LogP contribution is -2.16. The van der Waals surface area contributed by atoms with Crippen LogP contribution < -0.4 is 5.14 Å². The number of hydrogen-bond acceptors (Lipinski definition) is 5. The van der Waals surface area contributed by atoms with Crippen LogP contribution in [0, 0.1) is 5.82 Å². The Kier molecular flexibility index (Phi) is 4.73. The highest BCUT2D eigenvalue weighted by atomic mass is 32.2. The zero-order chi connectivity index (χ0) is 14.6. The van der Waals surface area contributed by atoms with Gasteiger partial charge in [-0.1, -0.05) is 23.9 Å². The van der Waals surface area contributed by atoms with E-state index in [4.69, 9.17) is 5.14 Å². The first kappa shape index (κ1) is 14.9. The molecule has 0 unspecified atom stereocenters. The molecule has 0 fully saturated rings. The molecule has 0 saturated heterocycles. The van der Waals surface area contributed by atoms with Gasteiger partial charge in [0.2, 0.25) is 15.2 Å². The fourth-order valence-electron chi connectivity index (χ4n) is 1.51. The van der Waals surface area contributed by atoms with E-state index in [1.165, 1.54) is 17.8 Å². The van der Waals surface area contributed by atoms with E-state index in [1.54, 1.807) is 18.2 Å². The maximum Gasteiger partial charge on any atom is 0.209 e. The standard InChI is InChI=1S/C11H13FN4O2S2/c12-9-5-2-1-4-8(9)10-14-11(16-15-10)19-6-3-7-20(13,17)18/h1-2,4-5H,3,6-7H2,(H2,13,17,18)(H,14,15,16). The lowest BCUT2D eigenvalue weighted by molar-refractivity contribution is 0.596. The number of hydrogen-bond donors (Lipinski definition) is 2. The molecule has 0 aliphatic carbocycles. The average molecular weight is 316 g/mol. The summed E-state index contributed by atoms with van der Waals surface area (Å²) in [5.74, 6) is 0.404. The Hall–Kier alpha value is -1.45. The minimum atomic E-state index is -3.43. The molecule has 2 rings (SSSR count). The molecule has 0 spiro atoms. The number of H-pyrrole nitrogens is 1. The van der Waals surface area contributed by atoms with Gasteiger partial charge in [0.1, 0.15) is 5.82 Å². The first-order valence-electron chi connectivity index (χ1n) is 5.76. The SMILES string of the molecule is NS(=O)(=O)CCCSc1n[nH]c(-c2ccccc2F)n1. The summed E-state index contributed by atoms with van der Waals surface area (Å²) in [7, 11) is -3.43. The number of halogens is 1. The maximum atomic E-state index is 13.5. The Morgan fingerprint density at radius 3 is 2.80 bits per heavy atom. The molecule has 0 amide bonds. The third kappa shape index (κ3) is 4.29. The summed E-state index contributed by atoms with van der Waals surface area (Å²) in [5.41, 5.74) is 0.344. The zero-order valence-electron chi connectivity index (χ0n) is 10.4. The van der Waals surface area contributed by atoms with E-state index in [1.807, 2.05) is 0 Å². The van der Waals surface area contributed by atoms with Crippen molar-refractivity contribution in [2.24, 2.45) is 5.14 Å². The van der Waals surface area contributed by atoms with Crippen LogP contribution in [-0.4, -0.2) is 35.1 Å². The molecule has 20 heavy (non-hydrogen) atoms. The number of aromatic amines is 1. The van der Waals surface area contributed by atoms with Crippen molar-refractivity contribution in [3.05, 3.63) is 30.1 Å². The number of nitrogens with two attached hydrogens (primary N) is 1. The smallest absolute Gasteiger partial charge is 0.209 e. The maximum absolute atomic E-state index is 13.5. The molecule has 3 N–H and O–H groups in total. The van der Waals surface area contributed by atoms with E-state index in [2.05, 4.69) is 15.2 Å². The van der Waals surface area contributed by atoms with Gasteiger partial charge in [0, 0.05) is 5.75 Å². The van der Waals surface area contributed by atoms with Crippen LogP contribution in [0.25, 0.3) is 11.4 Å². The molecule has 108 valence electrons. The Morgan fingerprint density at radius 1 is 1.35 bits per heavy atom. The number of nitrogens with zero attached hydrogens (tertiary/aromatic N) is 2. The van der Waals surface area contributed by atoms with Gasteiger partial charge in [0.05, 0.1) is 11.3 Å². The lowest BCUT2D eigenvalue weighted by Gasteiger charge is -1.97. The number of aromatic nitrogens is 3. The van der Waals surface area contributed by atoms with E-state index < -0.39 is 10.0 Å². The molecule has 1 aromatic carbocycles. The summed E-state index contributed by atoms with van der Waals surface area (Å²) in [6.07, 6.45) is 0.410. The van der Waals surface area contributed by atoms with Gasteiger partial charge in [-0.15, -0.1) is 5.10 Å². The van der Waals surface area contributed by atoms with Crippen LogP contribution in [-0.2, 0) is 10.0 Å². The highest BCUT2D eigenvalue weighted by molar-refractivity contribution is 7.99. The molecule has 0 aliphatic heterocycles. The van der Waals surface area contributed by atoms with E-state index in [9.17, 15) is 12.8 Å². The number of thioether (sulfide) groups is 1. The Balaban J connectivity index is 1.95. The molecular formula is C11H13FN4O2S2. The number of nitrogens with one attached hydrogen (secondary N) is 1. The quantitative estimate of drug-likeness (QED) is 0.619. The molecule has 2 aromatic rings. The summed E-state index contributed by atoms with van der Waals surface area (Å²) in [5, 5.41) is 11.9. The number of rotatable bonds is 6. The van der Waals surface area contributed by atoms with Crippen LogP contribution in [0.2, 0.25) is 0 Å². The first-order chi connectivity index (χ1) is 9.46. The van der Waals surface area contributed by atoms with Gasteiger partial charge in [0.15, 0.2) is 5.82 Å². The topological polar surface area (TPSA) is 102 Å². The van der Waals surface area contributed by atoms with Crippen molar-refractivity contribution in [1.29, 1.82) is 0 Å². The van der Waals surface area contributed by atoms with Crippen LogP contribution >= 0.6 is 11.8 Å². The minimum Gasteiger partial charge on any atom is -0.258 e. The molecule has 1 heterocycles. The largest absolute Gasteiger partial charge is 0.258 e. The molecule has 0 radical (unpaired) electrons. The van der Waals surface area contributed by atoms with Crippen molar-refractivity contribution >= 4 is 21.8 Å². The molecule has 6 nitrogen and oxygen atoms in total. The average Bonchev–Trinajstić information content (AvgIpc) is 2.83. The van der Waals surface area contributed by atoms with Gasteiger partial charge in [-0.3, -0.25) is 5.10 Å². The van der Waals surface area contributed by atoms with Crippen molar-refractivity contribution in [2.75, 3.05) is 11.5 Å². The molecule has 9 heteroatoms. The van der Waals surface area contributed by atoms with E-state index >= 15 is 0 Å². The second-order valence-electron chi connectivity index (χ2n) is 4.02. The van der Waals surface area contributed by atoms with Gasteiger partial charge >= 0.3 is 0 Å². The van der Waals surface area contributed by atoms with Crippen molar-refractivity contribution in [3.8, 4) is 11.4 Å². The summed E-state index contributed by atoms with van der Waals surface area (Å²) in [6.45, 7) is 0. The fraction of sp³-hybridized carbons (Fsp3) is 0.273. The second kappa shape index (κ2) is 6.33. The number of primary sulfonamides is 1. The summed E-state index contributed by atoms with van der Waals surface area (Å²) < 4.78 is 35.1. The third-order valence-corrected chi connectivity index (χ3v) is 4.19. The Bertz CT molecular complexity index is 687. The molecule has 0 atom stereocenters. The van der Waals surface area contributed by atoms with E-state index in [0.717, 1.165) is 0 Å². The van der Waals surface area contributed by atoms with Crippen molar-refractivity contribution in [2.45, 2.75) is 11.6 Å². The fourth-order valence-corrected chi connectivity index (χ4v) is 2.97. The summed E-state index contributed by atoms with van der Waals surface area (Å²) in [4.78, 5) is 4.15. The minimum absolute atomic E-state index is 0.0788. The number of benzene rings is 1. The van der Waals surface area contributed by atoms with Gasteiger partial charge in [0.25, 0.3) is 0 Å². The third-order valence-electron chi connectivity index (χ3n) is 2.40. The normalized spacial score (nSPS) is 11.7. The van der Waals surface area contributed by atoms with E-state index in [-0.39, 0.29) is 11.6 Å². The zero-order valence-corrected chi connectivity index (χ0v) is 12.0. The molecule has 0 saturated carbocycles. The van der Waals surface area contributed by atoms with Crippen molar-refractivity contribution < 1.29 is 12.8 Å². The Morgan fingerprint density at radius 2 is 2.10 bits per heavy atom. The highest BCUT2D eigenvalue weighted by Gasteiger charge is 2.10. The summed E-state index contributed by atoms with van der Waals surface area (Å²) >= 11 is 1.29. The van der Waals surface area contributed by atoms with Crippen LogP contribution in [0.1, 0.15) is 6.42 Å². The number of sulfonamides is 1. The summed E-state index contributed by atoms with van der Waals surface area (Å²) in [6, 6.07) is 6.25. The van der Waals surface area contributed by atoms with Crippen LogP contribution in [0.3, 0.4) is 0 Å². The lowest BCUT2D eigenvalue weighted by atomic mass is 10.2. The van der Waals surface area contributed by atoms with Gasteiger partial charge in [-0.05, 0) is 18.6 Å². The van der Waals surface area contributed by atoms with Gasteiger partial charge in [-0.2, -0.15) is 0 Å². The Labute approximate surface area is 120 Å². The monoisotopic (exact) mass is 316 g/mol. The van der Waals surface area contributed by atoms with Crippen molar-refractivity contribution in [1.82, 2.24) is 15.2 Å². The molecule has 1 aromatic heterocycles. The predicted octanol–water partition coefficient (Wildman–Crippen LogP) is 1.38. The van der Waals surface area contributed by atoms with Crippen LogP contribution in [0.5, 0.6) is 0 Å². The van der Waals surface area contributed by atoms with Crippen LogP contribution in [0.15, 0.2) is 29.4 Å². The van der Waals surface area contributed by atoms with Crippen molar-refractivity contribution in [3.63, 3.8) is 0 Å². The molecule has 0 bridgehead atoms. The highest BCUT2D eigenvalue weighted by Crippen LogP contribution is 2.21. The second-order valence-corrected chi connectivity index (χ2v) is 6.81. The first-order valence-corrected chi connectivity index (χ1v) is 8.46. The molecular weight excluding hydrogens is 303 g/mol. The van der Waals surface area contributed by atoms with Crippen LogP contribution in [0.4, 0.5) is 4.39 Å². The predicted molar refractivity (Wildman–Crippen MR) is 75.1 cm³/mol. The van der Waals surface area contributed by atoms with Gasteiger partial charge < -0.3 is 0 Å². The van der Waals surface area contributed by atoms with Gasteiger partial charge in [-0.25, -0.2) is 22.9 Å². The molecule has 0 aliphatic rings.